The number of H-pyrrole nitrogens is 1. The fourth-order valence-electron chi connectivity index (χ4n) is 4.24. The number of methoxy groups -OCH3 is 1. The maximum atomic E-state index is 13.0. The van der Waals surface area contributed by atoms with E-state index in [1.54, 1.807) is 30.3 Å². The van der Waals surface area contributed by atoms with Gasteiger partial charge in [0.05, 0.1) is 17.6 Å². The number of nitrogens with zero attached hydrogens (tertiary/aromatic N) is 1. The molecular formula is C22H29N3O5S. The van der Waals surface area contributed by atoms with Crippen molar-refractivity contribution in [2.45, 2.75) is 39.0 Å². The summed E-state index contributed by atoms with van der Waals surface area (Å²) in [6.07, 6.45) is 1.02. The molecule has 0 radical (unpaired) electrons. The number of rotatable bonds is 5. The highest BCUT2D eigenvalue weighted by atomic mass is 32.2. The predicted molar refractivity (Wildman–Crippen MR) is 118 cm³/mol. The Morgan fingerprint density at radius 3 is 2.23 bits per heavy atom. The highest BCUT2D eigenvalue weighted by Crippen LogP contribution is 2.27. The van der Waals surface area contributed by atoms with Crippen molar-refractivity contribution in [2.75, 3.05) is 25.5 Å². The summed E-state index contributed by atoms with van der Waals surface area (Å²) in [6, 6.07) is 6.13. The molecule has 8 nitrogen and oxygen atoms in total. The van der Waals surface area contributed by atoms with Crippen LogP contribution in [0.3, 0.4) is 0 Å². The number of carbonyl (C=O) groups is 2. The fraction of sp³-hybridized carbons (Fsp3) is 0.455. The van der Waals surface area contributed by atoms with E-state index in [0.717, 1.165) is 6.42 Å². The molecule has 1 aliphatic heterocycles. The number of anilines is 1. The zero-order chi connectivity index (χ0) is 22.9. The van der Waals surface area contributed by atoms with Crippen LogP contribution in [-0.2, 0) is 14.8 Å². The van der Waals surface area contributed by atoms with Crippen molar-refractivity contribution in [2.24, 2.45) is 11.8 Å². The van der Waals surface area contributed by atoms with Gasteiger partial charge in [-0.05, 0) is 61.9 Å². The molecule has 1 saturated heterocycles. The third kappa shape index (κ3) is 4.67. The molecule has 0 saturated carbocycles. The molecule has 1 amide bonds. The van der Waals surface area contributed by atoms with Crippen LogP contribution in [0.25, 0.3) is 0 Å². The number of hydrogen-bond donors (Lipinski definition) is 2. The van der Waals surface area contributed by atoms with Crippen molar-refractivity contribution in [3.8, 4) is 0 Å². The first-order valence-corrected chi connectivity index (χ1v) is 11.7. The van der Waals surface area contributed by atoms with Gasteiger partial charge in [0.25, 0.3) is 5.91 Å². The van der Waals surface area contributed by atoms with E-state index < -0.39 is 21.9 Å². The molecule has 168 valence electrons. The van der Waals surface area contributed by atoms with Gasteiger partial charge in [-0.15, -0.1) is 0 Å². The summed E-state index contributed by atoms with van der Waals surface area (Å²) in [6.45, 7) is 8.51. The van der Waals surface area contributed by atoms with E-state index in [1.807, 2.05) is 0 Å². The second kappa shape index (κ2) is 8.84. The van der Waals surface area contributed by atoms with Crippen molar-refractivity contribution in [3.05, 3.63) is 46.8 Å². The Morgan fingerprint density at radius 1 is 1.10 bits per heavy atom. The molecule has 1 aromatic heterocycles. The van der Waals surface area contributed by atoms with Gasteiger partial charge in [0.2, 0.25) is 10.0 Å². The molecule has 1 aliphatic rings. The van der Waals surface area contributed by atoms with Crippen LogP contribution >= 0.6 is 0 Å². The van der Waals surface area contributed by atoms with Gasteiger partial charge in [0, 0.05) is 24.5 Å². The number of aromatic amines is 1. The number of amides is 1. The van der Waals surface area contributed by atoms with Gasteiger partial charge >= 0.3 is 5.97 Å². The highest BCUT2D eigenvalue weighted by molar-refractivity contribution is 7.89. The summed E-state index contributed by atoms with van der Waals surface area (Å²) in [7, 11) is -2.30. The molecule has 1 aromatic carbocycles. The van der Waals surface area contributed by atoms with Crippen LogP contribution < -0.4 is 5.32 Å². The number of hydrogen-bond acceptors (Lipinski definition) is 5. The van der Waals surface area contributed by atoms with E-state index in [-0.39, 0.29) is 10.6 Å². The van der Waals surface area contributed by atoms with E-state index >= 15 is 0 Å². The first-order valence-electron chi connectivity index (χ1n) is 10.2. The Morgan fingerprint density at radius 2 is 1.68 bits per heavy atom. The summed E-state index contributed by atoms with van der Waals surface area (Å²) in [5.74, 6) is -0.301. The first-order chi connectivity index (χ1) is 14.5. The lowest BCUT2D eigenvalue weighted by Crippen LogP contribution is -2.42. The normalized spacial score (nSPS) is 19.8. The molecule has 2 heterocycles. The van der Waals surface area contributed by atoms with Crippen LogP contribution in [0.15, 0.2) is 29.2 Å². The molecule has 0 aliphatic carbocycles. The largest absolute Gasteiger partial charge is 0.465 e. The lowest BCUT2D eigenvalue weighted by atomic mass is 9.94. The quantitative estimate of drug-likeness (QED) is 0.684. The number of carbonyl (C=O) groups excluding carboxylic acids is 2. The van der Waals surface area contributed by atoms with Gasteiger partial charge in [-0.1, -0.05) is 13.8 Å². The summed E-state index contributed by atoms with van der Waals surface area (Å²) in [5.41, 5.74) is 2.08. The standard InChI is InChI=1S/C22H29N3O5S/c1-13-10-14(2)12-25(11-13)31(28,29)18-8-6-17(7-9-18)24-21(26)20-15(3)19(16(4)23-20)22(27)30-5/h6-9,13-14,23H,10-12H2,1-5H3,(H,24,26)/t13-,14+. The molecule has 2 N–H and O–H groups in total. The lowest BCUT2D eigenvalue weighted by molar-refractivity contribution is 0.0599. The molecule has 0 bridgehead atoms. The molecule has 1 fully saturated rings. The second-order valence-corrected chi connectivity index (χ2v) is 10.3. The molecule has 0 unspecified atom stereocenters. The third-order valence-corrected chi connectivity index (χ3v) is 7.49. The van der Waals surface area contributed by atoms with E-state index in [9.17, 15) is 18.0 Å². The van der Waals surface area contributed by atoms with Crippen LogP contribution in [0.2, 0.25) is 0 Å². The van der Waals surface area contributed by atoms with Crippen LogP contribution in [0.4, 0.5) is 5.69 Å². The van der Waals surface area contributed by atoms with Crippen molar-refractivity contribution < 1.29 is 22.7 Å². The third-order valence-electron chi connectivity index (χ3n) is 5.64. The van der Waals surface area contributed by atoms with Crippen molar-refractivity contribution in [1.29, 1.82) is 0 Å². The Labute approximate surface area is 183 Å². The number of ether oxygens (including phenoxy) is 1. The molecule has 9 heteroatoms. The van der Waals surface area contributed by atoms with Crippen LogP contribution in [-0.4, -0.2) is 49.8 Å². The number of aryl methyl sites for hydroxylation is 1. The Bertz CT molecular complexity index is 1080. The van der Waals surface area contributed by atoms with E-state index in [4.69, 9.17) is 4.74 Å². The van der Waals surface area contributed by atoms with E-state index in [2.05, 4.69) is 24.1 Å². The number of esters is 1. The molecule has 2 aromatic rings. The van der Waals surface area contributed by atoms with E-state index in [1.165, 1.54) is 19.2 Å². The number of piperidine rings is 1. The average molecular weight is 448 g/mol. The van der Waals surface area contributed by atoms with E-state index in [0.29, 0.717) is 47.4 Å². The molecule has 0 spiro atoms. The zero-order valence-electron chi connectivity index (χ0n) is 18.5. The minimum atomic E-state index is -3.58. The van der Waals surface area contributed by atoms with Crippen LogP contribution in [0.5, 0.6) is 0 Å². The summed E-state index contributed by atoms with van der Waals surface area (Å²) < 4.78 is 32.3. The van der Waals surface area contributed by atoms with Crippen molar-refractivity contribution >= 4 is 27.6 Å². The van der Waals surface area contributed by atoms with Gasteiger partial charge in [0.15, 0.2) is 0 Å². The van der Waals surface area contributed by atoms with Crippen LogP contribution in [0, 0.1) is 25.7 Å². The first kappa shape index (κ1) is 23.0. The second-order valence-electron chi connectivity index (χ2n) is 8.36. The van der Waals surface area contributed by atoms with Crippen molar-refractivity contribution in [3.63, 3.8) is 0 Å². The maximum absolute atomic E-state index is 13.0. The number of benzene rings is 1. The smallest absolute Gasteiger partial charge is 0.339 e. The number of nitrogens with one attached hydrogen (secondary N) is 2. The molecular weight excluding hydrogens is 418 g/mol. The Hall–Kier alpha value is -2.65. The Balaban J connectivity index is 1.77. The summed E-state index contributed by atoms with van der Waals surface area (Å²) >= 11 is 0. The average Bonchev–Trinajstić information content (AvgIpc) is 3.01. The van der Waals surface area contributed by atoms with Gasteiger partial charge in [0.1, 0.15) is 5.69 Å². The van der Waals surface area contributed by atoms with Crippen molar-refractivity contribution in [1.82, 2.24) is 9.29 Å². The maximum Gasteiger partial charge on any atom is 0.339 e. The zero-order valence-corrected chi connectivity index (χ0v) is 19.3. The Kier molecular flexibility index (Phi) is 6.56. The number of aromatic nitrogens is 1. The van der Waals surface area contributed by atoms with Crippen LogP contribution in [0.1, 0.15) is 52.4 Å². The minimum Gasteiger partial charge on any atom is -0.465 e. The molecule has 3 rings (SSSR count). The minimum absolute atomic E-state index is 0.201. The fourth-order valence-corrected chi connectivity index (χ4v) is 5.92. The van der Waals surface area contributed by atoms with Gasteiger partial charge in [-0.2, -0.15) is 4.31 Å². The molecule has 31 heavy (non-hydrogen) atoms. The SMILES string of the molecule is COC(=O)c1c(C)[nH]c(C(=O)Nc2ccc(S(=O)(=O)N3C[C@H](C)C[C@H](C)C3)cc2)c1C. The highest BCUT2D eigenvalue weighted by Gasteiger charge is 2.31. The van der Waals surface area contributed by atoms with Gasteiger partial charge in [-0.3, -0.25) is 4.79 Å². The number of sulfonamides is 1. The lowest BCUT2D eigenvalue weighted by Gasteiger charge is -2.34. The van der Waals surface area contributed by atoms with Gasteiger partial charge < -0.3 is 15.0 Å². The summed E-state index contributed by atoms with van der Waals surface area (Å²) in [5, 5.41) is 2.74. The predicted octanol–water partition coefficient (Wildman–Crippen LogP) is 3.34. The monoisotopic (exact) mass is 447 g/mol. The topological polar surface area (TPSA) is 109 Å². The van der Waals surface area contributed by atoms with Gasteiger partial charge in [-0.25, -0.2) is 13.2 Å². The summed E-state index contributed by atoms with van der Waals surface area (Å²) in [4.78, 5) is 27.7. The molecule has 2 atom stereocenters.